The minimum absolute atomic E-state index is 0.000179. The number of benzene rings is 1. The van der Waals surface area contributed by atoms with Crippen LogP contribution in [-0.4, -0.2) is 16.8 Å². The zero-order valence-electron chi connectivity index (χ0n) is 11.3. The highest BCUT2D eigenvalue weighted by molar-refractivity contribution is 5.62. The second-order valence-electron chi connectivity index (χ2n) is 5.16. The molecule has 0 spiro atoms. The van der Waals surface area contributed by atoms with E-state index < -0.39 is 12.2 Å². The van der Waals surface area contributed by atoms with E-state index in [-0.39, 0.29) is 11.6 Å². The van der Waals surface area contributed by atoms with E-state index in [1.807, 2.05) is 0 Å². The zero-order chi connectivity index (χ0) is 14.9. The molecular formula is C14H15F2N3O2. The fourth-order valence-electron chi connectivity index (χ4n) is 2.61. The number of aromatic nitrogens is 2. The fourth-order valence-corrected chi connectivity index (χ4v) is 2.61. The summed E-state index contributed by atoms with van der Waals surface area (Å²) in [4.78, 5) is 4.27. The molecule has 2 aromatic rings. The van der Waals surface area contributed by atoms with E-state index in [1.165, 1.54) is 6.07 Å². The van der Waals surface area contributed by atoms with Gasteiger partial charge in [-0.05, 0) is 25.0 Å². The number of ether oxygens (including phenoxy) is 1. The summed E-state index contributed by atoms with van der Waals surface area (Å²) in [5.74, 6) is 0.556. The lowest BCUT2D eigenvalue weighted by molar-refractivity contribution is -0.0495. The van der Waals surface area contributed by atoms with Crippen LogP contribution in [0.3, 0.4) is 0 Å². The third-order valence-electron chi connectivity index (χ3n) is 3.70. The van der Waals surface area contributed by atoms with Crippen molar-refractivity contribution in [2.24, 2.45) is 5.73 Å². The van der Waals surface area contributed by atoms with Crippen LogP contribution in [0.2, 0.25) is 0 Å². The number of hydrogen-bond acceptors (Lipinski definition) is 5. The molecule has 0 radical (unpaired) electrons. The molecule has 0 saturated heterocycles. The summed E-state index contributed by atoms with van der Waals surface area (Å²) >= 11 is 0. The minimum Gasteiger partial charge on any atom is -0.434 e. The Hall–Kier alpha value is -2.02. The van der Waals surface area contributed by atoms with Gasteiger partial charge < -0.3 is 15.0 Å². The Morgan fingerprint density at radius 1 is 1.24 bits per heavy atom. The smallest absolute Gasteiger partial charge is 0.387 e. The molecule has 1 aromatic carbocycles. The third-order valence-corrected chi connectivity index (χ3v) is 3.70. The molecule has 2 N–H and O–H groups in total. The van der Waals surface area contributed by atoms with Gasteiger partial charge in [0.15, 0.2) is 5.82 Å². The van der Waals surface area contributed by atoms with Gasteiger partial charge in [0.05, 0.1) is 11.1 Å². The normalized spacial score (nSPS) is 17.3. The Kier molecular flexibility index (Phi) is 3.59. The summed E-state index contributed by atoms with van der Waals surface area (Å²) in [6.45, 7) is -2.91. The molecule has 0 amide bonds. The summed E-state index contributed by atoms with van der Waals surface area (Å²) in [5.41, 5.74) is 6.00. The maximum atomic E-state index is 12.4. The van der Waals surface area contributed by atoms with Crippen molar-refractivity contribution >= 4 is 0 Å². The lowest BCUT2D eigenvalue weighted by atomic mass is 9.99. The van der Waals surface area contributed by atoms with E-state index in [1.54, 1.807) is 18.2 Å². The standard InChI is InChI=1S/C14H15F2N3O2/c15-13(16)20-10-6-2-1-5-9(10)11-18-12(19-21-11)14(17)7-3-4-8-14/h1-2,5-6,13H,3-4,7-8,17H2. The fraction of sp³-hybridized carbons (Fsp3) is 0.429. The number of nitrogens with two attached hydrogens (primary N) is 1. The van der Waals surface area contributed by atoms with Gasteiger partial charge in [0.2, 0.25) is 0 Å². The van der Waals surface area contributed by atoms with E-state index in [0.29, 0.717) is 11.4 Å². The van der Waals surface area contributed by atoms with E-state index in [2.05, 4.69) is 14.9 Å². The molecule has 7 heteroatoms. The molecule has 1 fully saturated rings. The molecule has 0 bridgehead atoms. The SMILES string of the molecule is NC1(c2noc(-c3ccccc3OC(F)F)n2)CCCC1. The van der Waals surface area contributed by atoms with Gasteiger partial charge in [0.25, 0.3) is 5.89 Å². The van der Waals surface area contributed by atoms with Crippen LogP contribution in [0.15, 0.2) is 28.8 Å². The monoisotopic (exact) mass is 295 g/mol. The van der Waals surface area contributed by atoms with Crippen molar-refractivity contribution in [1.82, 2.24) is 10.1 Å². The predicted molar refractivity (Wildman–Crippen MR) is 70.7 cm³/mol. The van der Waals surface area contributed by atoms with Crippen molar-refractivity contribution in [3.05, 3.63) is 30.1 Å². The highest BCUT2D eigenvalue weighted by Gasteiger charge is 2.36. The van der Waals surface area contributed by atoms with E-state index in [4.69, 9.17) is 10.3 Å². The van der Waals surface area contributed by atoms with Crippen molar-refractivity contribution in [3.63, 3.8) is 0 Å². The lowest BCUT2D eigenvalue weighted by Gasteiger charge is -2.17. The van der Waals surface area contributed by atoms with Gasteiger partial charge in [-0.1, -0.05) is 30.1 Å². The van der Waals surface area contributed by atoms with Crippen LogP contribution in [0, 0.1) is 0 Å². The Bertz CT molecular complexity index is 624. The van der Waals surface area contributed by atoms with Crippen LogP contribution < -0.4 is 10.5 Å². The summed E-state index contributed by atoms with van der Waals surface area (Å²) < 4.78 is 34.5. The van der Waals surface area contributed by atoms with Crippen molar-refractivity contribution in [2.45, 2.75) is 37.8 Å². The molecule has 0 atom stereocenters. The topological polar surface area (TPSA) is 74.2 Å². The molecule has 1 aromatic heterocycles. The molecule has 1 saturated carbocycles. The van der Waals surface area contributed by atoms with Crippen molar-refractivity contribution in [3.8, 4) is 17.2 Å². The van der Waals surface area contributed by atoms with Crippen LogP contribution in [0.25, 0.3) is 11.5 Å². The molecule has 0 aliphatic heterocycles. The van der Waals surface area contributed by atoms with Crippen LogP contribution in [0.4, 0.5) is 8.78 Å². The third kappa shape index (κ3) is 2.73. The molecule has 112 valence electrons. The zero-order valence-corrected chi connectivity index (χ0v) is 11.3. The number of nitrogens with zero attached hydrogens (tertiary/aromatic N) is 2. The van der Waals surface area contributed by atoms with Gasteiger partial charge >= 0.3 is 6.61 Å². The van der Waals surface area contributed by atoms with Crippen molar-refractivity contribution in [2.75, 3.05) is 0 Å². The van der Waals surface area contributed by atoms with Gasteiger partial charge in [-0.15, -0.1) is 0 Å². The quantitative estimate of drug-likeness (QED) is 0.938. The molecule has 0 unspecified atom stereocenters. The summed E-state index contributed by atoms with van der Waals surface area (Å²) in [7, 11) is 0. The number of rotatable bonds is 4. The van der Waals surface area contributed by atoms with Gasteiger partial charge in [-0.25, -0.2) is 0 Å². The van der Waals surface area contributed by atoms with Gasteiger partial charge in [0, 0.05) is 0 Å². The Balaban J connectivity index is 1.93. The van der Waals surface area contributed by atoms with E-state index >= 15 is 0 Å². The molecule has 3 rings (SSSR count). The largest absolute Gasteiger partial charge is 0.434 e. The first-order valence-electron chi connectivity index (χ1n) is 6.76. The Morgan fingerprint density at radius 3 is 2.67 bits per heavy atom. The molecule has 1 heterocycles. The average molecular weight is 295 g/mol. The minimum atomic E-state index is -2.91. The lowest BCUT2D eigenvalue weighted by Crippen LogP contribution is -2.34. The number of para-hydroxylation sites is 1. The molecule has 1 aliphatic carbocycles. The van der Waals surface area contributed by atoms with Crippen LogP contribution in [0.5, 0.6) is 5.75 Å². The van der Waals surface area contributed by atoms with Gasteiger partial charge in [-0.3, -0.25) is 0 Å². The first-order chi connectivity index (χ1) is 10.1. The van der Waals surface area contributed by atoms with Crippen molar-refractivity contribution in [1.29, 1.82) is 0 Å². The van der Waals surface area contributed by atoms with Crippen LogP contribution >= 0.6 is 0 Å². The maximum Gasteiger partial charge on any atom is 0.387 e. The summed E-state index contributed by atoms with van der Waals surface area (Å²) in [6, 6.07) is 6.30. The predicted octanol–water partition coefficient (Wildman–Crippen LogP) is 3.07. The average Bonchev–Trinajstić information content (AvgIpc) is 3.08. The van der Waals surface area contributed by atoms with Gasteiger partial charge in [0.1, 0.15) is 5.75 Å². The highest BCUT2D eigenvalue weighted by Crippen LogP contribution is 2.36. The molecule has 5 nitrogen and oxygen atoms in total. The molecular weight excluding hydrogens is 280 g/mol. The molecule has 1 aliphatic rings. The second-order valence-corrected chi connectivity index (χ2v) is 5.16. The summed E-state index contributed by atoms with van der Waals surface area (Å²) in [6.07, 6.45) is 3.62. The van der Waals surface area contributed by atoms with Crippen molar-refractivity contribution < 1.29 is 18.0 Å². The number of hydrogen-bond donors (Lipinski definition) is 1. The first kappa shape index (κ1) is 13.9. The first-order valence-corrected chi connectivity index (χ1v) is 6.76. The van der Waals surface area contributed by atoms with E-state index in [0.717, 1.165) is 25.7 Å². The van der Waals surface area contributed by atoms with Gasteiger partial charge in [-0.2, -0.15) is 13.8 Å². The van der Waals surface area contributed by atoms with E-state index in [9.17, 15) is 8.78 Å². The Morgan fingerprint density at radius 2 is 1.95 bits per heavy atom. The summed E-state index contributed by atoms with van der Waals surface area (Å²) in [5, 5.41) is 3.91. The molecule has 21 heavy (non-hydrogen) atoms. The number of alkyl halides is 2. The second kappa shape index (κ2) is 5.40. The van der Waals surface area contributed by atoms with Crippen LogP contribution in [-0.2, 0) is 5.54 Å². The number of halogens is 2. The van der Waals surface area contributed by atoms with Crippen LogP contribution in [0.1, 0.15) is 31.5 Å². The highest BCUT2D eigenvalue weighted by atomic mass is 19.3. The Labute approximate surface area is 120 Å². The maximum absolute atomic E-state index is 12.4.